The topological polar surface area (TPSA) is 68.8 Å². The van der Waals surface area contributed by atoms with E-state index in [2.05, 4.69) is 29.2 Å². The molecular weight excluding hydrogens is 202 g/mol. The zero-order valence-electron chi connectivity index (χ0n) is 9.38. The molecule has 2 aromatic rings. The van der Waals surface area contributed by atoms with Gasteiger partial charge in [0.2, 0.25) is 0 Å². The molecule has 2 aromatic heterocycles. The third-order valence-corrected chi connectivity index (χ3v) is 2.19. The van der Waals surface area contributed by atoms with Crippen molar-refractivity contribution in [3.8, 4) is 0 Å². The summed E-state index contributed by atoms with van der Waals surface area (Å²) in [4.78, 5) is 4.15. The molecule has 5 heteroatoms. The Bertz CT molecular complexity index is 457. The molecule has 0 bridgehead atoms. The van der Waals surface area contributed by atoms with E-state index in [9.17, 15) is 0 Å². The molecule has 0 aliphatic rings. The number of hydrogen-bond acceptors (Lipinski definition) is 4. The van der Waals surface area contributed by atoms with Gasteiger partial charge in [-0.05, 0) is 26.0 Å². The Morgan fingerprint density at radius 1 is 1.31 bits per heavy atom. The molecule has 2 rings (SSSR count). The summed E-state index contributed by atoms with van der Waals surface area (Å²) in [6.07, 6.45) is 5.34. The highest BCUT2D eigenvalue weighted by atomic mass is 15.3. The van der Waals surface area contributed by atoms with E-state index in [1.165, 1.54) is 0 Å². The zero-order chi connectivity index (χ0) is 11.5. The van der Waals surface area contributed by atoms with Crippen molar-refractivity contribution in [3.63, 3.8) is 0 Å². The van der Waals surface area contributed by atoms with Crippen LogP contribution in [0.15, 0.2) is 30.7 Å². The standard InChI is InChI=1S/C11H15N5/c1-8(2)16-7-10(6-14-16)15-11-4-3-9(12)5-13-11/h3-8H,12H2,1-2H3,(H,13,15). The van der Waals surface area contributed by atoms with Crippen LogP contribution in [0.4, 0.5) is 17.2 Å². The van der Waals surface area contributed by atoms with Crippen LogP contribution in [0, 0.1) is 0 Å². The fourth-order valence-electron chi connectivity index (χ4n) is 1.31. The van der Waals surface area contributed by atoms with Crippen LogP contribution in [0.2, 0.25) is 0 Å². The smallest absolute Gasteiger partial charge is 0.130 e. The van der Waals surface area contributed by atoms with Crippen LogP contribution in [0.5, 0.6) is 0 Å². The summed E-state index contributed by atoms with van der Waals surface area (Å²) in [6.45, 7) is 4.16. The van der Waals surface area contributed by atoms with Crippen molar-refractivity contribution in [3.05, 3.63) is 30.7 Å². The predicted octanol–water partition coefficient (Wildman–Crippen LogP) is 2.18. The summed E-state index contributed by atoms with van der Waals surface area (Å²) >= 11 is 0. The molecule has 0 saturated carbocycles. The lowest BCUT2D eigenvalue weighted by Crippen LogP contribution is -2.00. The van der Waals surface area contributed by atoms with Gasteiger partial charge in [-0.3, -0.25) is 4.68 Å². The lowest BCUT2D eigenvalue weighted by Gasteiger charge is -2.04. The van der Waals surface area contributed by atoms with Gasteiger partial charge in [0.05, 0.1) is 23.8 Å². The molecule has 0 unspecified atom stereocenters. The van der Waals surface area contributed by atoms with Gasteiger partial charge in [-0.15, -0.1) is 0 Å². The Labute approximate surface area is 94.3 Å². The molecule has 16 heavy (non-hydrogen) atoms. The van der Waals surface area contributed by atoms with E-state index < -0.39 is 0 Å². The lowest BCUT2D eigenvalue weighted by molar-refractivity contribution is 0.532. The van der Waals surface area contributed by atoms with Gasteiger partial charge in [0.25, 0.3) is 0 Å². The number of nitrogens with one attached hydrogen (secondary N) is 1. The molecule has 0 radical (unpaired) electrons. The normalized spacial score (nSPS) is 10.7. The quantitative estimate of drug-likeness (QED) is 0.826. The molecule has 84 valence electrons. The van der Waals surface area contributed by atoms with E-state index >= 15 is 0 Å². The Kier molecular flexibility index (Phi) is 2.76. The summed E-state index contributed by atoms with van der Waals surface area (Å²) in [5.74, 6) is 0.762. The summed E-state index contributed by atoms with van der Waals surface area (Å²) in [7, 11) is 0. The highest BCUT2D eigenvalue weighted by Crippen LogP contribution is 2.15. The Hall–Kier alpha value is -2.04. The van der Waals surface area contributed by atoms with Crippen molar-refractivity contribution in [2.45, 2.75) is 19.9 Å². The molecule has 0 saturated heterocycles. The average molecular weight is 217 g/mol. The number of nitrogen functional groups attached to an aromatic ring is 1. The third kappa shape index (κ3) is 2.31. The minimum absolute atomic E-state index is 0.356. The van der Waals surface area contributed by atoms with Crippen LogP contribution in [-0.4, -0.2) is 14.8 Å². The molecule has 2 heterocycles. The van der Waals surface area contributed by atoms with E-state index in [0.29, 0.717) is 11.7 Å². The van der Waals surface area contributed by atoms with Crippen molar-refractivity contribution in [1.82, 2.24) is 14.8 Å². The highest BCUT2D eigenvalue weighted by Gasteiger charge is 2.02. The average Bonchev–Trinajstić information content (AvgIpc) is 2.70. The zero-order valence-corrected chi connectivity index (χ0v) is 9.38. The lowest BCUT2D eigenvalue weighted by atomic mass is 10.4. The highest BCUT2D eigenvalue weighted by molar-refractivity contribution is 5.55. The number of pyridine rings is 1. The Balaban J connectivity index is 2.11. The van der Waals surface area contributed by atoms with Gasteiger partial charge < -0.3 is 11.1 Å². The van der Waals surface area contributed by atoms with Crippen molar-refractivity contribution in [2.75, 3.05) is 11.1 Å². The maximum absolute atomic E-state index is 5.56. The molecule has 0 fully saturated rings. The van der Waals surface area contributed by atoms with Gasteiger partial charge in [-0.2, -0.15) is 5.10 Å². The number of rotatable bonds is 3. The fourth-order valence-corrected chi connectivity index (χ4v) is 1.31. The number of nitrogens with two attached hydrogens (primary N) is 1. The molecule has 0 aliphatic carbocycles. The first-order valence-electron chi connectivity index (χ1n) is 5.18. The Morgan fingerprint density at radius 3 is 2.69 bits per heavy atom. The van der Waals surface area contributed by atoms with Gasteiger partial charge in [0, 0.05) is 12.2 Å². The molecule has 0 amide bonds. The molecular formula is C11H15N5. The van der Waals surface area contributed by atoms with Crippen LogP contribution >= 0.6 is 0 Å². The maximum Gasteiger partial charge on any atom is 0.130 e. The molecule has 0 aromatic carbocycles. The van der Waals surface area contributed by atoms with E-state index in [4.69, 9.17) is 5.73 Å². The first kappa shape index (κ1) is 10.5. The molecule has 3 N–H and O–H groups in total. The van der Waals surface area contributed by atoms with Crippen LogP contribution in [0.1, 0.15) is 19.9 Å². The van der Waals surface area contributed by atoms with Crippen LogP contribution in [-0.2, 0) is 0 Å². The summed E-state index contributed by atoms with van der Waals surface area (Å²) < 4.78 is 1.89. The minimum atomic E-state index is 0.356. The second-order valence-corrected chi connectivity index (χ2v) is 3.90. The maximum atomic E-state index is 5.56. The summed E-state index contributed by atoms with van der Waals surface area (Å²) in [5.41, 5.74) is 7.14. The molecule has 0 spiro atoms. The van der Waals surface area contributed by atoms with E-state index in [-0.39, 0.29) is 0 Å². The van der Waals surface area contributed by atoms with Crippen molar-refractivity contribution >= 4 is 17.2 Å². The molecule has 5 nitrogen and oxygen atoms in total. The SMILES string of the molecule is CC(C)n1cc(Nc2ccc(N)cn2)cn1. The molecule has 0 aliphatic heterocycles. The van der Waals surface area contributed by atoms with Crippen molar-refractivity contribution in [2.24, 2.45) is 0 Å². The third-order valence-electron chi connectivity index (χ3n) is 2.19. The molecule has 0 atom stereocenters. The summed E-state index contributed by atoms with van der Waals surface area (Å²) in [5, 5.41) is 7.39. The van der Waals surface area contributed by atoms with Crippen LogP contribution < -0.4 is 11.1 Å². The number of anilines is 3. The van der Waals surface area contributed by atoms with Crippen molar-refractivity contribution in [1.29, 1.82) is 0 Å². The van der Waals surface area contributed by atoms with Crippen molar-refractivity contribution < 1.29 is 0 Å². The van der Waals surface area contributed by atoms with Gasteiger partial charge in [-0.25, -0.2) is 4.98 Å². The minimum Gasteiger partial charge on any atom is -0.397 e. The first-order valence-corrected chi connectivity index (χ1v) is 5.18. The van der Waals surface area contributed by atoms with E-state index in [1.807, 2.05) is 23.0 Å². The van der Waals surface area contributed by atoms with Gasteiger partial charge in [0.1, 0.15) is 5.82 Å². The number of aromatic nitrogens is 3. The monoisotopic (exact) mass is 217 g/mol. The van der Waals surface area contributed by atoms with E-state index in [0.717, 1.165) is 11.5 Å². The van der Waals surface area contributed by atoms with Crippen LogP contribution in [0.25, 0.3) is 0 Å². The first-order chi connectivity index (χ1) is 7.65. The number of hydrogen-bond donors (Lipinski definition) is 2. The second-order valence-electron chi connectivity index (χ2n) is 3.90. The van der Waals surface area contributed by atoms with Crippen LogP contribution in [0.3, 0.4) is 0 Å². The Morgan fingerprint density at radius 2 is 2.12 bits per heavy atom. The van der Waals surface area contributed by atoms with Gasteiger partial charge in [0.15, 0.2) is 0 Å². The van der Waals surface area contributed by atoms with E-state index in [1.54, 1.807) is 12.4 Å². The second kappa shape index (κ2) is 4.22. The summed E-state index contributed by atoms with van der Waals surface area (Å²) in [6, 6.07) is 4.00. The van der Waals surface area contributed by atoms with Gasteiger partial charge in [-0.1, -0.05) is 0 Å². The largest absolute Gasteiger partial charge is 0.397 e. The number of nitrogens with zero attached hydrogens (tertiary/aromatic N) is 3. The predicted molar refractivity (Wildman–Crippen MR) is 64.5 cm³/mol. The fraction of sp³-hybridized carbons (Fsp3) is 0.273. The van der Waals surface area contributed by atoms with Gasteiger partial charge >= 0.3 is 0 Å².